The van der Waals surface area contributed by atoms with Gasteiger partial charge in [0, 0.05) is 45.1 Å². The van der Waals surface area contributed by atoms with Crippen LogP contribution in [0.25, 0.3) is 4.96 Å². The van der Waals surface area contributed by atoms with Crippen LogP contribution in [0.4, 0.5) is 0 Å². The molecule has 2 atom stereocenters. The summed E-state index contributed by atoms with van der Waals surface area (Å²) in [5, 5.41) is 11.9. The normalized spacial score (nSPS) is 27.7. The van der Waals surface area contributed by atoms with Crippen LogP contribution in [0.3, 0.4) is 0 Å². The van der Waals surface area contributed by atoms with Crippen LogP contribution in [-0.2, 0) is 11.2 Å². The zero-order valence-corrected chi connectivity index (χ0v) is 14.3. The van der Waals surface area contributed by atoms with Gasteiger partial charge in [-0.05, 0) is 14.0 Å². The lowest BCUT2D eigenvalue weighted by atomic mass is 9.80. The van der Waals surface area contributed by atoms with Crippen molar-refractivity contribution in [3.63, 3.8) is 0 Å². The second-order valence-electron chi connectivity index (χ2n) is 6.77. The number of fused-ring (bicyclic) bond motifs is 2. The van der Waals surface area contributed by atoms with Gasteiger partial charge in [0.1, 0.15) is 5.01 Å². The SMILES string of the molecule is Cc1nn2cc(CCNC(=O)[C@]34CNC[C@H]3CN(C)C4)nc2s1. The average Bonchev–Trinajstić information content (AvgIpc) is 3.17. The number of hydrogen-bond donors (Lipinski definition) is 2. The van der Waals surface area contributed by atoms with E-state index in [-0.39, 0.29) is 11.3 Å². The van der Waals surface area contributed by atoms with Crippen molar-refractivity contribution in [2.75, 3.05) is 39.8 Å². The first kappa shape index (κ1) is 15.0. The van der Waals surface area contributed by atoms with Gasteiger partial charge in [-0.25, -0.2) is 9.50 Å². The number of imidazole rings is 1. The molecule has 1 amide bonds. The Balaban J connectivity index is 1.37. The van der Waals surface area contributed by atoms with Crippen LogP contribution in [0, 0.1) is 18.3 Å². The van der Waals surface area contributed by atoms with Crippen molar-refractivity contribution in [1.82, 2.24) is 30.1 Å². The molecule has 2 saturated heterocycles. The van der Waals surface area contributed by atoms with Crippen molar-refractivity contribution in [2.45, 2.75) is 13.3 Å². The van der Waals surface area contributed by atoms with E-state index in [1.54, 1.807) is 11.3 Å². The highest BCUT2D eigenvalue weighted by Gasteiger charge is 2.53. The summed E-state index contributed by atoms with van der Waals surface area (Å²) < 4.78 is 1.82. The number of carbonyl (C=O) groups is 1. The molecule has 0 saturated carbocycles. The van der Waals surface area contributed by atoms with Crippen molar-refractivity contribution >= 4 is 22.2 Å². The van der Waals surface area contributed by atoms with Crippen LogP contribution >= 0.6 is 11.3 Å². The predicted molar refractivity (Wildman–Crippen MR) is 88.6 cm³/mol. The van der Waals surface area contributed by atoms with Gasteiger partial charge >= 0.3 is 0 Å². The van der Waals surface area contributed by atoms with Gasteiger partial charge in [0.2, 0.25) is 10.9 Å². The second-order valence-corrected chi connectivity index (χ2v) is 7.93. The van der Waals surface area contributed by atoms with E-state index in [4.69, 9.17) is 0 Å². The summed E-state index contributed by atoms with van der Waals surface area (Å²) in [4.78, 5) is 20.5. The van der Waals surface area contributed by atoms with Crippen LogP contribution in [0.2, 0.25) is 0 Å². The van der Waals surface area contributed by atoms with Gasteiger partial charge in [-0.15, -0.1) is 0 Å². The first-order chi connectivity index (χ1) is 11.1. The molecule has 2 aromatic heterocycles. The molecule has 2 aliphatic heterocycles. The zero-order valence-electron chi connectivity index (χ0n) is 13.5. The molecule has 7 nitrogen and oxygen atoms in total. The van der Waals surface area contributed by atoms with Crippen LogP contribution in [0.5, 0.6) is 0 Å². The van der Waals surface area contributed by atoms with Gasteiger partial charge in [-0.2, -0.15) is 5.10 Å². The van der Waals surface area contributed by atoms with Gasteiger partial charge in [0.15, 0.2) is 0 Å². The highest BCUT2D eigenvalue weighted by atomic mass is 32.1. The molecule has 2 N–H and O–H groups in total. The van der Waals surface area contributed by atoms with Crippen LogP contribution < -0.4 is 10.6 Å². The van der Waals surface area contributed by atoms with E-state index >= 15 is 0 Å². The minimum Gasteiger partial charge on any atom is -0.355 e. The molecule has 4 rings (SSSR count). The Morgan fingerprint density at radius 3 is 3.30 bits per heavy atom. The van der Waals surface area contributed by atoms with Gasteiger partial charge in [-0.1, -0.05) is 11.3 Å². The number of rotatable bonds is 4. The van der Waals surface area contributed by atoms with E-state index < -0.39 is 0 Å². The number of aromatic nitrogens is 3. The third-order valence-electron chi connectivity index (χ3n) is 5.01. The molecule has 2 fully saturated rings. The summed E-state index contributed by atoms with van der Waals surface area (Å²) in [6.45, 7) is 6.18. The Bertz CT molecular complexity index is 708. The molecule has 0 bridgehead atoms. The Hall–Kier alpha value is -1.51. The van der Waals surface area contributed by atoms with Crippen molar-refractivity contribution in [2.24, 2.45) is 11.3 Å². The molecular formula is C15H22N6OS. The fourth-order valence-electron chi connectivity index (χ4n) is 3.94. The topological polar surface area (TPSA) is 74.6 Å². The van der Waals surface area contributed by atoms with E-state index in [0.29, 0.717) is 12.5 Å². The van der Waals surface area contributed by atoms with Crippen LogP contribution in [-0.4, -0.2) is 65.2 Å². The minimum absolute atomic E-state index is 0.187. The summed E-state index contributed by atoms with van der Waals surface area (Å²) in [5.41, 5.74) is 0.730. The maximum atomic E-state index is 12.7. The Morgan fingerprint density at radius 2 is 2.48 bits per heavy atom. The highest BCUT2D eigenvalue weighted by molar-refractivity contribution is 7.16. The molecule has 4 heterocycles. The molecular weight excluding hydrogens is 312 g/mol. The third-order valence-corrected chi connectivity index (χ3v) is 5.85. The summed E-state index contributed by atoms with van der Waals surface area (Å²) in [5.74, 6) is 0.615. The molecule has 0 radical (unpaired) electrons. The van der Waals surface area contributed by atoms with Crippen molar-refractivity contribution in [1.29, 1.82) is 0 Å². The molecule has 2 aliphatic rings. The van der Waals surface area contributed by atoms with Gasteiger partial charge in [0.05, 0.1) is 17.3 Å². The zero-order chi connectivity index (χ0) is 16.0. The average molecular weight is 334 g/mol. The van der Waals surface area contributed by atoms with E-state index in [0.717, 1.165) is 48.3 Å². The molecule has 0 spiro atoms. The quantitative estimate of drug-likeness (QED) is 0.817. The standard InChI is InChI=1S/C15H22N6OS/c1-10-19-21-7-12(18-14(21)23-10)3-4-17-13(22)15-8-16-5-11(15)6-20(2)9-15/h7,11,16H,3-6,8-9H2,1-2H3,(H,17,22)/t11-,15-/m0/s1. The molecule has 0 aromatic carbocycles. The van der Waals surface area contributed by atoms with Gasteiger partial charge in [-0.3, -0.25) is 4.79 Å². The van der Waals surface area contributed by atoms with Gasteiger partial charge in [0.25, 0.3) is 0 Å². The number of amides is 1. The van der Waals surface area contributed by atoms with E-state index in [1.807, 2.05) is 17.6 Å². The van der Waals surface area contributed by atoms with Crippen molar-refractivity contribution in [3.05, 3.63) is 16.9 Å². The smallest absolute Gasteiger partial charge is 0.229 e. The maximum absolute atomic E-state index is 12.7. The molecule has 2 aromatic rings. The van der Waals surface area contributed by atoms with Crippen LogP contribution in [0.15, 0.2) is 6.20 Å². The van der Waals surface area contributed by atoms with E-state index in [1.165, 1.54) is 0 Å². The predicted octanol–water partition coefficient (Wildman–Crippen LogP) is -0.0909. The Labute approximate surface area is 139 Å². The van der Waals surface area contributed by atoms with Gasteiger partial charge < -0.3 is 15.5 Å². The fourth-order valence-corrected chi connectivity index (χ4v) is 4.68. The fraction of sp³-hybridized carbons (Fsp3) is 0.667. The summed E-state index contributed by atoms with van der Waals surface area (Å²) in [7, 11) is 2.10. The number of aryl methyl sites for hydroxylation is 1. The summed E-state index contributed by atoms with van der Waals surface area (Å²) in [6.07, 6.45) is 2.69. The van der Waals surface area contributed by atoms with E-state index in [9.17, 15) is 4.79 Å². The number of carbonyl (C=O) groups excluding carboxylic acids is 1. The number of nitrogens with one attached hydrogen (secondary N) is 2. The first-order valence-corrected chi connectivity index (χ1v) is 8.88. The molecule has 23 heavy (non-hydrogen) atoms. The molecule has 0 unspecified atom stereocenters. The second kappa shape index (κ2) is 5.54. The lowest BCUT2D eigenvalue weighted by Gasteiger charge is -2.26. The third kappa shape index (κ3) is 2.54. The first-order valence-electron chi connectivity index (χ1n) is 8.06. The maximum Gasteiger partial charge on any atom is 0.229 e. The van der Waals surface area contributed by atoms with Crippen molar-refractivity contribution in [3.8, 4) is 0 Å². The van der Waals surface area contributed by atoms with Crippen molar-refractivity contribution < 1.29 is 4.79 Å². The summed E-state index contributed by atoms with van der Waals surface area (Å²) in [6, 6.07) is 0. The lowest BCUT2D eigenvalue weighted by molar-refractivity contribution is -0.130. The van der Waals surface area contributed by atoms with Crippen LogP contribution in [0.1, 0.15) is 10.7 Å². The molecule has 124 valence electrons. The number of nitrogens with zero attached hydrogens (tertiary/aromatic N) is 4. The minimum atomic E-state index is -0.248. The molecule has 0 aliphatic carbocycles. The molecule has 8 heteroatoms. The highest BCUT2D eigenvalue weighted by Crippen LogP contribution is 2.38. The largest absolute Gasteiger partial charge is 0.355 e. The summed E-state index contributed by atoms with van der Waals surface area (Å²) >= 11 is 1.58. The monoisotopic (exact) mass is 334 g/mol. The lowest BCUT2D eigenvalue weighted by Crippen LogP contribution is -2.47. The Kier molecular flexibility index (Phi) is 3.62. The Morgan fingerprint density at radius 1 is 1.61 bits per heavy atom. The number of hydrogen-bond acceptors (Lipinski definition) is 6. The number of likely N-dealkylation sites (tertiary alicyclic amines) is 1. The van der Waals surface area contributed by atoms with E-state index in [2.05, 4.69) is 32.7 Å².